The molecule has 9 nitrogen and oxygen atoms in total. The number of nitrogens with two attached hydrogens (primary N) is 1. The highest BCUT2D eigenvalue weighted by Gasteiger charge is 2.27. The first-order valence-electron chi connectivity index (χ1n) is 10.9. The van der Waals surface area contributed by atoms with Crippen molar-refractivity contribution < 1.29 is 8.42 Å². The number of anilines is 1. The van der Waals surface area contributed by atoms with Gasteiger partial charge in [0.2, 0.25) is 5.82 Å². The van der Waals surface area contributed by atoms with E-state index in [1.165, 1.54) is 17.6 Å². The van der Waals surface area contributed by atoms with Gasteiger partial charge in [-0.25, -0.2) is 13.4 Å². The zero-order chi connectivity index (χ0) is 23.0. The summed E-state index contributed by atoms with van der Waals surface area (Å²) in [6.45, 7) is 2.02. The lowest BCUT2D eigenvalue weighted by molar-refractivity contribution is 0.354. The van der Waals surface area contributed by atoms with E-state index in [4.69, 9.17) is 5.73 Å². The molecule has 33 heavy (non-hydrogen) atoms. The number of nitrogens with one attached hydrogen (secondary N) is 2. The molecule has 3 heterocycles. The molecule has 4 aromatic rings. The van der Waals surface area contributed by atoms with E-state index in [0.29, 0.717) is 28.6 Å². The molecule has 2 aromatic carbocycles. The Kier molecular flexibility index (Phi) is 5.85. The summed E-state index contributed by atoms with van der Waals surface area (Å²) in [5.74, 6) is 0.827. The number of rotatable bonds is 6. The Morgan fingerprint density at radius 1 is 1.15 bits per heavy atom. The van der Waals surface area contributed by atoms with E-state index in [2.05, 4.69) is 30.9 Å². The Bertz CT molecular complexity index is 1390. The number of hydrogen-bond acceptors (Lipinski definition) is 9. The number of benzene rings is 2. The van der Waals surface area contributed by atoms with Crippen molar-refractivity contribution in [3.63, 3.8) is 0 Å². The minimum Gasteiger partial charge on any atom is -0.375 e. The van der Waals surface area contributed by atoms with Crippen molar-refractivity contribution in [2.45, 2.75) is 30.6 Å². The summed E-state index contributed by atoms with van der Waals surface area (Å²) < 4.78 is 27.2. The van der Waals surface area contributed by atoms with E-state index >= 15 is 0 Å². The molecule has 11 heteroatoms. The summed E-state index contributed by atoms with van der Waals surface area (Å²) in [7, 11) is -3.60. The lowest BCUT2D eigenvalue weighted by Crippen LogP contribution is -2.28. The van der Waals surface area contributed by atoms with Gasteiger partial charge in [0.1, 0.15) is 0 Å². The second kappa shape index (κ2) is 8.81. The van der Waals surface area contributed by atoms with Crippen LogP contribution in [0.1, 0.15) is 24.8 Å². The number of piperidine rings is 1. The predicted octanol–water partition coefficient (Wildman–Crippen LogP) is 3.06. The molecule has 1 aliphatic rings. The lowest BCUT2D eigenvalue weighted by Gasteiger charge is -2.23. The van der Waals surface area contributed by atoms with Gasteiger partial charge in [0.15, 0.2) is 15.0 Å². The van der Waals surface area contributed by atoms with Crippen molar-refractivity contribution in [1.29, 1.82) is 0 Å². The molecule has 0 unspecified atom stereocenters. The lowest BCUT2D eigenvalue weighted by atomic mass is 9.89. The van der Waals surface area contributed by atoms with Crippen LogP contribution in [-0.2, 0) is 16.3 Å². The number of aromatic amines is 1. The van der Waals surface area contributed by atoms with Crippen LogP contribution >= 0.6 is 11.3 Å². The van der Waals surface area contributed by atoms with Gasteiger partial charge < -0.3 is 11.1 Å². The van der Waals surface area contributed by atoms with E-state index in [9.17, 15) is 8.42 Å². The molecule has 0 saturated carbocycles. The molecule has 0 amide bonds. The quantitative estimate of drug-likeness (QED) is 0.380. The van der Waals surface area contributed by atoms with Crippen molar-refractivity contribution in [2.24, 2.45) is 5.92 Å². The number of nitrogen functional groups attached to an aromatic ring is 1. The number of H-pyrrole nitrogens is 1. The van der Waals surface area contributed by atoms with E-state index in [0.717, 1.165) is 53.7 Å². The summed E-state index contributed by atoms with van der Waals surface area (Å²) in [5, 5.41) is 18.3. The number of fused-ring (bicyclic) bond motifs is 1. The highest BCUT2D eigenvalue weighted by Crippen LogP contribution is 2.41. The Hall–Kier alpha value is -2.89. The molecule has 0 atom stereocenters. The third-order valence-electron chi connectivity index (χ3n) is 6.19. The predicted molar refractivity (Wildman–Crippen MR) is 130 cm³/mol. The highest BCUT2D eigenvalue weighted by atomic mass is 32.2. The maximum Gasteiger partial charge on any atom is 0.206 e. The van der Waals surface area contributed by atoms with Crippen molar-refractivity contribution >= 4 is 36.5 Å². The summed E-state index contributed by atoms with van der Waals surface area (Å²) in [6.07, 6.45) is 5.07. The van der Waals surface area contributed by atoms with Gasteiger partial charge in [-0.3, -0.25) is 0 Å². The third-order valence-corrected chi connectivity index (χ3v) is 8.24. The minimum absolute atomic E-state index is 0.245. The van der Waals surface area contributed by atoms with Crippen molar-refractivity contribution in [2.75, 3.05) is 25.1 Å². The standard InChI is InChI=1S/C22H25N7O2S2/c1-33(30,31)20-14(6-5-13-9-11-24-12-10-13)7-8-15(18(20)21-26-28-29-27-21)16-3-2-4-17-19(16)25-22(23)32-17/h2-4,7-8,13,24H,5-6,9-12H2,1H3,(H2,23,25)(H,26,27,28,29). The molecule has 1 saturated heterocycles. The molecule has 0 aliphatic carbocycles. The molecular formula is C22H25N7O2S2. The van der Waals surface area contributed by atoms with Crippen LogP contribution in [0.4, 0.5) is 5.13 Å². The van der Waals surface area contributed by atoms with Crippen molar-refractivity contribution in [1.82, 2.24) is 30.9 Å². The number of thiazole rings is 1. The molecule has 0 radical (unpaired) electrons. The van der Waals surface area contributed by atoms with Gasteiger partial charge in [0, 0.05) is 17.4 Å². The van der Waals surface area contributed by atoms with Crippen molar-refractivity contribution in [3.05, 3.63) is 35.9 Å². The fourth-order valence-corrected chi connectivity index (χ4v) is 6.65. The highest BCUT2D eigenvalue weighted by molar-refractivity contribution is 7.91. The van der Waals surface area contributed by atoms with E-state index < -0.39 is 9.84 Å². The molecule has 0 bridgehead atoms. The molecule has 4 N–H and O–H groups in total. The van der Waals surface area contributed by atoms with E-state index in [1.807, 2.05) is 30.3 Å². The monoisotopic (exact) mass is 483 g/mol. The van der Waals surface area contributed by atoms with Gasteiger partial charge in [-0.15, -0.1) is 10.2 Å². The molecular weight excluding hydrogens is 458 g/mol. The number of tetrazole rings is 1. The van der Waals surface area contributed by atoms with Gasteiger partial charge in [-0.1, -0.05) is 35.6 Å². The molecule has 2 aromatic heterocycles. The minimum atomic E-state index is -3.60. The molecule has 172 valence electrons. The zero-order valence-corrected chi connectivity index (χ0v) is 19.8. The number of hydrogen-bond donors (Lipinski definition) is 3. The van der Waals surface area contributed by atoms with Crippen LogP contribution in [0.25, 0.3) is 32.7 Å². The number of aryl methyl sites for hydroxylation is 1. The topological polar surface area (TPSA) is 140 Å². The Morgan fingerprint density at radius 3 is 2.70 bits per heavy atom. The second-order valence-electron chi connectivity index (χ2n) is 8.42. The smallest absolute Gasteiger partial charge is 0.206 e. The van der Waals surface area contributed by atoms with Crippen LogP contribution in [-0.4, -0.2) is 53.4 Å². The van der Waals surface area contributed by atoms with Crippen LogP contribution in [0.3, 0.4) is 0 Å². The zero-order valence-electron chi connectivity index (χ0n) is 18.2. The fourth-order valence-electron chi connectivity index (χ4n) is 4.67. The number of para-hydroxylation sites is 1. The maximum absolute atomic E-state index is 13.1. The van der Waals surface area contributed by atoms with Crippen molar-refractivity contribution in [3.8, 4) is 22.5 Å². The van der Waals surface area contributed by atoms with E-state index in [1.54, 1.807) is 0 Å². The van der Waals surface area contributed by atoms with Crippen LogP contribution in [0.15, 0.2) is 35.2 Å². The average Bonchev–Trinajstić information content (AvgIpc) is 3.46. The van der Waals surface area contributed by atoms with Gasteiger partial charge >= 0.3 is 0 Å². The first kappa shape index (κ1) is 21.9. The van der Waals surface area contributed by atoms with Crippen LogP contribution in [0.5, 0.6) is 0 Å². The van der Waals surface area contributed by atoms with Gasteiger partial charge in [-0.2, -0.15) is 5.21 Å². The fraction of sp³-hybridized carbons (Fsp3) is 0.364. The Labute approximate surface area is 195 Å². The number of nitrogens with zero attached hydrogens (tertiary/aromatic N) is 4. The Morgan fingerprint density at radius 2 is 1.97 bits per heavy atom. The normalized spacial score (nSPS) is 15.3. The number of sulfone groups is 1. The summed E-state index contributed by atoms with van der Waals surface area (Å²) in [5.41, 5.74) is 9.41. The largest absolute Gasteiger partial charge is 0.375 e. The van der Waals surface area contributed by atoms with Crippen LogP contribution in [0, 0.1) is 5.92 Å². The van der Waals surface area contributed by atoms with Gasteiger partial charge in [0.25, 0.3) is 0 Å². The Balaban J connectivity index is 1.70. The molecule has 1 fully saturated rings. The molecule has 5 rings (SSSR count). The second-order valence-corrected chi connectivity index (χ2v) is 11.4. The third kappa shape index (κ3) is 4.35. The number of aromatic nitrogens is 5. The average molecular weight is 484 g/mol. The maximum atomic E-state index is 13.1. The van der Waals surface area contributed by atoms with E-state index in [-0.39, 0.29) is 10.7 Å². The van der Waals surface area contributed by atoms with Crippen LogP contribution < -0.4 is 11.1 Å². The summed E-state index contributed by atoms with van der Waals surface area (Å²) in [4.78, 5) is 4.76. The summed E-state index contributed by atoms with van der Waals surface area (Å²) >= 11 is 1.39. The summed E-state index contributed by atoms with van der Waals surface area (Å²) in [6, 6.07) is 9.65. The van der Waals surface area contributed by atoms with Gasteiger partial charge in [0.05, 0.1) is 15.1 Å². The molecule has 0 spiro atoms. The first-order valence-corrected chi connectivity index (χ1v) is 13.6. The van der Waals surface area contributed by atoms with Crippen LogP contribution in [0.2, 0.25) is 0 Å². The van der Waals surface area contributed by atoms with Gasteiger partial charge in [-0.05, 0) is 67.1 Å². The first-order chi connectivity index (χ1) is 15.9. The SMILES string of the molecule is CS(=O)(=O)c1c(CCC2CCNCC2)ccc(-c2cccc3sc(N)nc23)c1-c1nn[nH]n1. The molecule has 1 aliphatic heterocycles.